The second kappa shape index (κ2) is 3.69. The molecule has 0 heterocycles. The van der Waals surface area contributed by atoms with Gasteiger partial charge in [-0.25, -0.2) is 4.79 Å². The van der Waals surface area contributed by atoms with E-state index in [0.717, 1.165) is 6.42 Å². The molecular weight excluding hydrogens is 146 g/mol. The SMILES string of the molecule is CCCC(N)C(C)(O)C(=O)O. The monoisotopic (exact) mass is 161 g/mol. The van der Waals surface area contributed by atoms with Crippen LogP contribution in [-0.4, -0.2) is 27.8 Å². The van der Waals surface area contributed by atoms with Gasteiger partial charge in [-0.2, -0.15) is 0 Å². The van der Waals surface area contributed by atoms with Gasteiger partial charge in [-0.1, -0.05) is 13.3 Å². The zero-order chi connectivity index (χ0) is 9.07. The number of aliphatic hydroxyl groups is 1. The molecule has 0 aliphatic heterocycles. The van der Waals surface area contributed by atoms with Crippen LogP contribution >= 0.6 is 0 Å². The highest BCUT2D eigenvalue weighted by molar-refractivity contribution is 5.77. The van der Waals surface area contributed by atoms with E-state index in [2.05, 4.69) is 0 Å². The summed E-state index contributed by atoms with van der Waals surface area (Å²) >= 11 is 0. The van der Waals surface area contributed by atoms with E-state index in [1.54, 1.807) is 0 Å². The van der Waals surface area contributed by atoms with Crippen molar-refractivity contribution >= 4 is 5.97 Å². The standard InChI is InChI=1S/C7H15NO3/c1-3-4-5(8)7(2,11)6(9)10/h5,11H,3-4,8H2,1-2H3,(H,9,10). The Morgan fingerprint density at radius 2 is 2.18 bits per heavy atom. The van der Waals surface area contributed by atoms with E-state index >= 15 is 0 Å². The molecule has 0 aromatic rings. The van der Waals surface area contributed by atoms with Gasteiger partial charge in [-0.05, 0) is 13.3 Å². The number of hydrogen-bond acceptors (Lipinski definition) is 3. The molecule has 2 unspecified atom stereocenters. The van der Waals surface area contributed by atoms with Gasteiger partial charge in [0.1, 0.15) is 0 Å². The van der Waals surface area contributed by atoms with Crippen molar-refractivity contribution in [3.63, 3.8) is 0 Å². The molecule has 4 nitrogen and oxygen atoms in total. The zero-order valence-corrected chi connectivity index (χ0v) is 6.87. The first kappa shape index (κ1) is 10.4. The molecular formula is C7H15NO3. The molecule has 11 heavy (non-hydrogen) atoms. The van der Waals surface area contributed by atoms with Crippen molar-refractivity contribution in [3.8, 4) is 0 Å². The third kappa shape index (κ3) is 2.48. The molecule has 0 amide bonds. The maximum atomic E-state index is 10.4. The van der Waals surface area contributed by atoms with Crippen molar-refractivity contribution in [2.45, 2.75) is 38.3 Å². The third-order valence-electron chi connectivity index (χ3n) is 1.75. The van der Waals surface area contributed by atoms with Crippen molar-refractivity contribution in [2.24, 2.45) is 5.73 Å². The second-order valence-electron chi connectivity index (χ2n) is 2.85. The van der Waals surface area contributed by atoms with E-state index in [9.17, 15) is 9.90 Å². The average molecular weight is 161 g/mol. The van der Waals surface area contributed by atoms with Crippen LogP contribution in [0.5, 0.6) is 0 Å². The van der Waals surface area contributed by atoms with Crippen molar-refractivity contribution in [1.82, 2.24) is 0 Å². The van der Waals surface area contributed by atoms with Crippen molar-refractivity contribution in [3.05, 3.63) is 0 Å². The van der Waals surface area contributed by atoms with Gasteiger partial charge in [0.25, 0.3) is 0 Å². The molecule has 0 rings (SSSR count). The molecule has 4 N–H and O–H groups in total. The van der Waals surface area contributed by atoms with E-state index < -0.39 is 17.6 Å². The highest BCUT2D eigenvalue weighted by atomic mass is 16.4. The van der Waals surface area contributed by atoms with Gasteiger partial charge < -0.3 is 15.9 Å². The van der Waals surface area contributed by atoms with Crippen LogP contribution in [0, 0.1) is 0 Å². The molecule has 0 saturated heterocycles. The van der Waals surface area contributed by atoms with Gasteiger partial charge in [-0.15, -0.1) is 0 Å². The van der Waals surface area contributed by atoms with Gasteiger partial charge >= 0.3 is 5.97 Å². The molecule has 2 atom stereocenters. The highest BCUT2D eigenvalue weighted by Crippen LogP contribution is 2.12. The van der Waals surface area contributed by atoms with Gasteiger partial charge in [-0.3, -0.25) is 0 Å². The van der Waals surface area contributed by atoms with Crippen LogP contribution in [0.15, 0.2) is 0 Å². The van der Waals surface area contributed by atoms with Crippen LogP contribution in [0.2, 0.25) is 0 Å². The summed E-state index contributed by atoms with van der Waals surface area (Å²) in [6.45, 7) is 3.10. The molecule has 0 aromatic carbocycles. The quantitative estimate of drug-likeness (QED) is 0.539. The largest absolute Gasteiger partial charge is 0.479 e. The van der Waals surface area contributed by atoms with E-state index in [4.69, 9.17) is 10.8 Å². The number of carbonyl (C=O) groups is 1. The molecule has 0 aliphatic rings. The Labute approximate surface area is 66.0 Å². The lowest BCUT2D eigenvalue weighted by Gasteiger charge is -2.24. The molecule has 0 aromatic heterocycles. The summed E-state index contributed by atoms with van der Waals surface area (Å²) < 4.78 is 0. The first-order chi connectivity index (χ1) is 4.92. The minimum Gasteiger partial charge on any atom is -0.479 e. The molecule has 0 radical (unpaired) electrons. The summed E-state index contributed by atoms with van der Waals surface area (Å²) in [5.74, 6) is -1.27. The zero-order valence-electron chi connectivity index (χ0n) is 6.87. The van der Waals surface area contributed by atoms with Crippen LogP contribution in [0.1, 0.15) is 26.7 Å². The number of rotatable bonds is 4. The lowest BCUT2D eigenvalue weighted by Crippen LogP contribution is -2.51. The Kier molecular flexibility index (Phi) is 3.48. The average Bonchev–Trinajstić information content (AvgIpc) is 1.88. The summed E-state index contributed by atoms with van der Waals surface area (Å²) in [5, 5.41) is 17.8. The number of hydrogen-bond donors (Lipinski definition) is 3. The van der Waals surface area contributed by atoms with Crippen LogP contribution in [0.4, 0.5) is 0 Å². The van der Waals surface area contributed by atoms with Gasteiger partial charge in [0.05, 0.1) is 0 Å². The van der Waals surface area contributed by atoms with Crippen molar-refractivity contribution in [1.29, 1.82) is 0 Å². The molecule has 0 fully saturated rings. The molecule has 0 saturated carbocycles. The Morgan fingerprint density at radius 3 is 2.45 bits per heavy atom. The van der Waals surface area contributed by atoms with Gasteiger partial charge in [0, 0.05) is 6.04 Å². The summed E-state index contributed by atoms with van der Waals surface area (Å²) in [4.78, 5) is 10.4. The summed E-state index contributed by atoms with van der Waals surface area (Å²) in [7, 11) is 0. The summed E-state index contributed by atoms with van der Waals surface area (Å²) in [6.07, 6.45) is 1.28. The first-order valence-electron chi connectivity index (χ1n) is 3.64. The second-order valence-corrected chi connectivity index (χ2v) is 2.85. The highest BCUT2D eigenvalue weighted by Gasteiger charge is 2.36. The van der Waals surface area contributed by atoms with E-state index in [1.807, 2.05) is 6.92 Å². The topological polar surface area (TPSA) is 83.5 Å². The van der Waals surface area contributed by atoms with E-state index in [0.29, 0.717) is 6.42 Å². The fraction of sp³-hybridized carbons (Fsp3) is 0.857. The normalized spacial score (nSPS) is 18.9. The van der Waals surface area contributed by atoms with E-state index in [1.165, 1.54) is 6.92 Å². The van der Waals surface area contributed by atoms with Crippen LogP contribution in [0.3, 0.4) is 0 Å². The minimum atomic E-state index is -1.80. The fourth-order valence-electron chi connectivity index (χ4n) is 0.751. The predicted octanol–water partition coefficient (Wildman–Crippen LogP) is -0.0506. The lowest BCUT2D eigenvalue weighted by molar-refractivity contribution is -0.158. The Morgan fingerprint density at radius 1 is 1.73 bits per heavy atom. The Bertz CT molecular complexity index is 145. The summed E-state index contributed by atoms with van der Waals surface area (Å²) in [6, 6.07) is -0.690. The van der Waals surface area contributed by atoms with Crippen LogP contribution < -0.4 is 5.73 Å². The molecule has 0 aliphatic carbocycles. The Hall–Kier alpha value is -0.610. The molecule has 0 spiro atoms. The number of carboxylic acids is 1. The maximum Gasteiger partial charge on any atom is 0.337 e. The van der Waals surface area contributed by atoms with Crippen LogP contribution in [-0.2, 0) is 4.79 Å². The van der Waals surface area contributed by atoms with E-state index in [-0.39, 0.29) is 0 Å². The molecule has 66 valence electrons. The summed E-state index contributed by atoms with van der Waals surface area (Å²) in [5.41, 5.74) is 3.64. The van der Waals surface area contributed by atoms with Gasteiger partial charge in [0.2, 0.25) is 0 Å². The van der Waals surface area contributed by atoms with Crippen molar-refractivity contribution in [2.75, 3.05) is 0 Å². The smallest absolute Gasteiger partial charge is 0.337 e. The van der Waals surface area contributed by atoms with Gasteiger partial charge in [0.15, 0.2) is 5.60 Å². The minimum absolute atomic E-state index is 0.513. The predicted molar refractivity (Wildman–Crippen MR) is 41.1 cm³/mol. The van der Waals surface area contributed by atoms with Crippen molar-refractivity contribution < 1.29 is 15.0 Å². The third-order valence-corrected chi connectivity index (χ3v) is 1.75. The maximum absolute atomic E-state index is 10.4. The fourth-order valence-corrected chi connectivity index (χ4v) is 0.751. The molecule has 0 bridgehead atoms. The number of carboxylic acid groups (broad SMARTS) is 1. The lowest BCUT2D eigenvalue weighted by atomic mass is 9.94. The first-order valence-corrected chi connectivity index (χ1v) is 3.64. The number of aliphatic carboxylic acids is 1. The van der Waals surface area contributed by atoms with Crippen LogP contribution in [0.25, 0.3) is 0 Å². The Balaban J connectivity index is 4.17. The molecule has 4 heteroatoms. The number of nitrogens with two attached hydrogens (primary N) is 1.